The fraction of sp³-hybridized carbons (Fsp3) is 0.375. The number of carbonyl (C=O) groups excluding carboxylic acids is 1. The van der Waals surface area contributed by atoms with E-state index in [1.54, 1.807) is 6.92 Å². The maximum atomic E-state index is 10.5. The van der Waals surface area contributed by atoms with E-state index in [0.717, 1.165) is 14.5 Å². The largest absolute Gasteiger partial charge is 0.350 e. The molecule has 0 aliphatic rings. The van der Waals surface area contributed by atoms with Gasteiger partial charge in [0.2, 0.25) is 0 Å². The van der Waals surface area contributed by atoms with E-state index in [1.165, 1.54) is 11.3 Å². The average Bonchev–Trinajstić information content (AvgIpc) is 2.42. The number of rotatable bonds is 2. The Morgan fingerprint density at radius 3 is 2.67 bits per heavy atom. The number of hydrazone groups is 1. The van der Waals surface area contributed by atoms with Crippen LogP contribution in [0.1, 0.15) is 17.5 Å². The van der Waals surface area contributed by atoms with Gasteiger partial charge in [-0.1, -0.05) is 0 Å². The smallest absolute Gasteiger partial charge is 0.332 e. The predicted molar refractivity (Wildman–Crippen MR) is 63.8 cm³/mol. The molecule has 2 amide bonds. The summed E-state index contributed by atoms with van der Waals surface area (Å²) >= 11 is 6.59. The number of nitrogens with zero attached hydrogens (tertiary/aromatic N) is 2. The topological polar surface area (TPSA) is 72.4 Å². The first-order valence-electron chi connectivity index (χ1n) is 4.20. The van der Waals surface area contributed by atoms with Crippen LogP contribution >= 0.6 is 23.6 Å². The Kier molecular flexibility index (Phi) is 3.59. The number of aromatic nitrogens is 1. The van der Waals surface area contributed by atoms with Gasteiger partial charge in [-0.2, -0.15) is 5.10 Å². The molecule has 1 rings (SSSR count). The molecule has 3 N–H and O–H groups in total. The number of urea groups is 1. The second-order valence-electron chi connectivity index (χ2n) is 3.01. The van der Waals surface area contributed by atoms with E-state index in [4.69, 9.17) is 18.0 Å². The molecule has 0 saturated carbocycles. The summed E-state index contributed by atoms with van der Waals surface area (Å²) < 4.78 is 2.68. The van der Waals surface area contributed by atoms with Crippen LogP contribution in [0.2, 0.25) is 0 Å². The third-order valence-corrected chi connectivity index (χ3v) is 3.72. The lowest BCUT2D eigenvalue weighted by Crippen LogP contribution is -2.25. The second-order valence-corrected chi connectivity index (χ2v) is 4.66. The fourth-order valence-electron chi connectivity index (χ4n) is 1.04. The fourth-order valence-corrected chi connectivity index (χ4v) is 2.36. The van der Waals surface area contributed by atoms with Crippen molar-refractivity contribution in [2.75, 3.05) is 0 Å². The molecule has 0 aromatic carbocycles. The summed E-state index contributed by atoms with van der Waals surface area (Å²) in [5.74, 6) is 0. The molecule has 0 aliphatic heterocycles. The van der Waals surface area contributed by atoms with Gasteiger partial charge in [-0.25, -0.2) is 10.2 Å². The summed E-state index contributed by atoms with van der Waals surface area (Å²) in [6.07, 6.45) is 0. The summed E-state index contributed by atoms with van der Waals surface area (Å²) in [6.45, 7) is 3.74. The second kappa shape index (κ2) is 4.54. The average molecular weight is 244 g/mol. The lowest BCUT2D eigenvalue weighted by molar-refractivity contribution is 0.249. The number of amides is 2. The molecule has 0 radical (unpaired) electrons. The minimum absolute atomic E-state index is 0.675. The highest BCUT2D eigenvalue weighted by molar-refractivity contribution is 7.73. The molecular weight excluding hydrogens is 232 g/mol. The molecular formula is C8H12N4OS2. The SMILES string of the molecule is C/C(=N\NC(N)=O)c1sc(=S)n(C)c1C. The van der Waals surface area contributed by atoms with E-state index in [9.17, 15) is 4.79 Å². The third kappa shape index (κ3) is 2.63. The molecule has 0 aliphatic carbocycles. The summed E-state index contributed by atoms with van der Waals surface area (Å²) in [7, 11) is 1.90. The molecule has 0 atom stereocenters. The molecule has 15 heavy (non-hydrogen) atoms. The van der Waals surface area contributed by atoms with Gasteiger partial charge < -0.3 is 10.3 Å². The Balaban J connectivity index is 3.06. The van der Waals surface area contributed by atoms with E-state index < -0.39 is 6.03 Å². The summed E-state index contributed by atoms with van der Waals surface area (Å²) in [6, 6.07) is -0.675. The van der Waals surface area contributed by atoms with Crippen molar-refractivity contribution >= 4 is 35.3 Å². The number of hydrogen-bond acceptors (Lipinski definition) is 4. The standard InChI is InChI=1S/C8H12N4OS2/c1-4(10-11-7(9)13)6-5(2)12(3)8(14)15-6/h1-3H3,(H3,9,11,13)/b10-4+. The van der Waals surface area contributed by atoms with Gasteiger partial charge >= 0.3 is 6.03 Å². The zero-order chi connectivity index (χ0) is 11.6. The third-order valence-electron chi connectivity index (χ3n) is 1.96. The number of nitrogens with two attached hydrogens (primary N) is 1. The van der Waals surface area contributed by atoms with Gasteiger partial charge in [0, 0.05) is 12.7 Å². The molecule has 5 nitrogen and oxygen atoms in total. The Bertz CT molecular complexity index is 471. The number of nitrogens with one attached hydrogen (secondary N) is 1. The van der Waals surface area contributed by atoms with Gasteiger partial charge in [0.05, 0.1) is 10.6 Å². The molecule has 1 aromatic rings. The molecule has 0 spiro atoms. The van der Waals surface area contributed by atoms with E-state index in [2.05, 4.69) is 10.5 Å². The minimum atomic E-state index is -0.675. The first-order valence-corrected chi connectivity index (χ1v) is 5.42. The van der Waals surface area contributed by atoms with Crippen molar-refractivity contribution < 1.29 is 4.79 Å². The van der Waals surface area contributed by atoms with Gasteiger partial charge in [-0.3, -0.25) is 0 Å². The first kappa shape index (κ1) is 11.9. The van der Waals surface area contributed by atoms with Crippen molar-refractivity contribution in [1.29, 1.82) is 0 Å². The Morgan fingerprint density at radius 2 is 2.27 bits per heavy atom. The van der Waals surface area contributed by atoms with Gasteiger partial charge in [0.25, 0.3) is 0 Å². The molecule has 82 valence electrons. The van der Waals surface area contributed by atoms with E-state index >= 15 is 0 Å². The molecule has 0 bridgehead atoms. The van der Waals surface area contributed by atoms with Crippen LogP contribution in [-0.2, 0) is 7.05 Å². The number of hydrogen-bond donors (Lipinski definition) is 2. The van der Waals surface area contributed by atoms with Crippen molar-refractivity contribution in [2.24, 2.45) is 17.9 Å². The highest BCUT2D eigenvalue weighted by Gasteiger charge is 2.08. The molecule has 0 fully saturated rings. The Morgan fingerprint density at radius 1 is 1.67 bits per heavy atom. The minimum Gasteiger partial charge on any atom is -0.350 e. The quantitative estimate of drug-likeness (QED) is 0.470. The maximum Gasteiger partial charge on any atom is 0.332 e. The number of primary amides is 1. The van der Waals surface area contributed by atoms with Crippen LogP contribution in [0.5, 0.6) is 0 Å². The van der Waals surface area contributed by atoms with Crippen LogP contribution in [0, 0.1) is 10.9 Å². The Labute approximate surface area is 96.6 Å². The van der Waals surface area contributed by atoms with E-state index in [0.29, 0.717) is 5.71 Å². The van der Waals surface area contributed by atoms with E-state index in [1.807, 2.05) is 18.5 Å². The molecule has 0 saturated heterocycles. The molecule has 1 heterocycles. The van der Waals surface area contributed by atoms with Crippen molar-refractivity contribution in [3.63, 3.8) is 0 Å². The Hall–Kier alpha value is -1.21. The van der Waals surface area contributed by atoms with Crippen molar-refractivity contribution in [3.8, 4) is 0 Å². The lowest BCUT2D eigenvalue weighted by Gasteiger charge is -2.00. The van der Waals surface area contributed by atoms with Crippen LogP contribution in [-0.4, -0.2) is 16.3 Å². The van der Waals surface area contributed by atoms with Crippen LogP contribution in [0.4, 0.5) is 4.79 Å². The van der Waals surface area contributed by atoms with Crippen LogP contribution in [0.15, 0.2) is 5.10 Å². The van der Waals surface area contributed by atoms with E-state index in [-0.39, 0.29) is 0 Å². The van der Waals surface area contributed by atoms with Crippen molar-refractivity contribution in [3.05, 3.63) is 14.5 Å². The highest BCUT2D eigenvalue weighted by atomic mass is 32.1. The van der Waals surface area contributed by atoms with Crippen molar-refractivity contribution in [1.82, 2.24) is 9.99 Å². The zero-order valence-electron chi connectivity index (χ0n) is 8.70. The molecule has 7 heteroatoms. The van der Waals surface area contributed by atoms with Crippen LogP contribution in [0.3, 0.4) is 0 Å². The molecule has 1 aromatic heterocycles. The van der Waals surface area contributed by atoms with Gasteiger partial charge in [0.1, 0.15) is 0 Å². The summed E-state index contributed by atoms with van der Waals surface area (Å²) in [5.41, 5.74) is 8.83. The zero-order valence-corrected chi connectivity index (χ0v) is 10.3. The normalized spacial score (nSPS) is 11.5. The van der Waals surface area contributed by atoms with Crippen LogP contribution in [0.25, 0.3) is 0 Å². The summed E-state index contributed by atoms with van der Waals surface area (Å²) in [4.78, 5) is 11.4. The predicted octanol–water partition coefficient (Wildman–Crippen LogP) is 1.52. The molecule has 0 unspecified atom stereocenters. The van der Waals surface area contributed by atoms with Crippen LogP contribution < -0.4 is 11.2 Å². The monoisotopic (exact) mass is 244 g/mol. The van der Waals surface area contributed by atoms with Gasteiger partial charge in [-0.05, 0) is 26.1 Å². The van der Waals surface area contributed by atoms with Crippen molar-refractivity contribution in [2.45, 2.75) is 13.8 Å². The number of thiazole rings is 1. The lowest BCUT2D eigenvalue weighted by atomic mass is 10.3. The highest BCUT2D eigenvalue weighted by Crippen LogP contribution is 2.18. The first-order chi connectivity index (χ1) is 6.93. The van der Waals surface area contributed by atoms with Gasteiger partial charge in [0.15, 0.2) is 3.95 Å². The maximum absolute atomic E-state index is 10.5. The number of carbonyl (C=O) groups is 1. The summed E-state index contributed by atoms with van der Waals surface area (Å²) in [5, 5.41) is 3.85. The van der Waals surface area contributed by atoms with Gasteiger partial charge in [-0.15, -0.1) is 11.3 Å².